The predicted molar refractivity (Wildman–Crippen MR) is 80.5 cm³/mol. The summed E-state index contributed by atoms with van der Waals surface area (Å²) in [5, 5.41) is 4.77. The molecule has 5 rings (SSSR count). The van der Waals surface area contributed by atoms with E-state index in [9.17, 15) is 0 Å². The number of aryl methyl sites for hydroxylation is 1. The summed E-state index contributed by atoms with van der Waals surface area (Å²) < 4.78 is 2.15. The molecule has 1 aromatic heterocycles. The summed E-state index contributed by atoms with van der Waals surface area (Å²) in [6.07, 6.45) is 7.47. The van der Waals surface area contributed by atoms with Crippen molar-refractivity contribution in [2.75, 3.05) is 6.54 Å². The fourth-order valence-corrected chi connectivity index (χ4v) is 5.93. The Morgan fingerprint density at radius 2 is 1.65 bits per heavy atom. The molecular formula is C17H27N3. The summed E-state index contributed by atoms with van der Waals surface area (Å²) in [6.45, 7) is 6.01. The molecule has 2 N–H and O–H groups in total. The number of hydrogen-bond acceptors (Lipinski definition) is 2. The largest absolute Gasteiger partial charge is 0.329 e. The van der Waals surface area contributed by atoms with Gasteiger partial charge in [-0.2, -0.15) is 5.10 Å². The lowest BCUT2D eigenvalue weighted by Gasteiger charge is -2.54. The highest BCUT2D eigenvalue weighted by Crippen LogP contribution is 2.60. The molecule has 4 bridgehead atoms. The monoisotopic (exact) mass is 273 g/mol. The fourth-order valence-electron chi connectivity index (χ4n) is 5.93. The van der Waals surface area contributed by atoms with Gasteiger partial charge in [0.15, 0.2) is 0 Å². The topological polar surface area (TPSA) is 43.8 Å². The van der Waals surface area contributed by atoms with Crippen molar-refractivity contribution in [3.05, 3.63) is 17.0 Å². The first-order valence-electron chi connectivity index (χ1n) is 8.41. The third kappa shape index (κ3) is 1.78. The van der Waals surface area contributed by atoms with Gasteiger partial charge < -0.3 is 5.73 Å². The van der Waals surface area contributed by atoms with Gasteiger partial charge >= 0.3 is 0 Å². The lowest BCUT2D eigenvalue weighted by molar-refractivity contribution is -0.00321. The van der Waals surface area contributed by atoms with Crippen molar-refractivity contribution in [3.63, 3.8) is 0 Å². The van der Waals surface area contributed by atoms with E-state index in [2.05, 4.69) is 18.5 Å². The van der Waals surface area contributed by atoms with Gasteiger partial charge in [0.2, 0.25) is 0 Å². The molecule has 1 heterocycles. The van der Waals surface area contributed by atoms with Crippen molar-refractivity contribution in [3.8, 4) is 0 Å². The first kappa shape index (κ1) is 12.9. The molecule has 1 aromatic rings. The van der Waals surface area contributed by atoms with Crippen molar-refractivity contribution in [2.24, 2.45) is 29.4 Å². The standard InChI is InChI=1S/C17H27N3/c1-10-16(11(2)20(19-10)4-3-18)17-14-6-12-5-13(8-14)9-15(17)7-12/h12-15,17H,3-9,18H2,1-2H3. The van der Waals surface area contributed by atoms with E-state index in [1.807, 2.05) is 0 Å². The predicted octanol–water partition coefficient (Wildman–Crippen LogP) is 3.00. The summed E-state index contributed by atoms with van der Waals surface area (Å²) in [6, 6.07) is 0. The van der Waals surface area contributed by atoms with Gasteiger partial charge in [0, 0.05) is 12.2 Å². The Balaban J connectivity index is 1.71. The normalized spacial score (nSPS) is 38.6. The molecule has 0 aliphatic heterocycles. The minimum atomic E-state index is 0.684. The minimum absolute atomic E-state index is 0.684. The highest BCUT2D eigenvalue weighted by molar-refractivity contribution is 5.32. The summed E-state index contributed by atoms with van der Waals surface area (Å²) in [5.41, 5.74) is 9.98. The van der Waals surface area contributed by atoms with E-state index in [1.165, 1.54) is 43.5 Å². The van der Waals surface area contributed by atoms with Crippen LogP contribution in [0.15, 0.2) is 0 Å². The second-order valence-electron chi connectivity index (χ2n) is 7.55. The Morgan fingerprint density at radius 3 is 2.20 bits per heavy atom. The highest BCUT2D eigenvalue weighted by Gasteiger charge is 2.49. The van der Waals surface area contributed by atoms with Gasteiger partial charge in [-0.3, -0.25) is 4.68 Å². The molecule has 3 nitrogen and oxygen atoms in total. The SMILES string of the molecule is Cc1nn(CCN)c(C)c1C1C2CC3CC(C2)CC1C3. The van der Waals surface area contributed by atoms with Gasteiger partial charge in [0.1, 0.15) is 0 Å². The van der Waals surface area contributed by atoms with E-state index in [4.69, 9.17) is 10.8 Å². The molecule has 0 atom stereocenters. The van der Waals surface area contributed by atoms with E-state index in [1.54, 1.807) is 5.56 Å². The summed E-state index contributed by atoms with van der Waals surface area (Å²) in [4.78, 5) is 0. The van der Waals surface area contributed by atoms with Crippen molar-refractivity contribution in [1.82, 2.24) is 9.78 Å². The van der Waals surface area contributed by atoms with Crippen LogP contribution in [0.2, 0.25) is 0 Å². The summed E-state index contributed by atoms with van der Waals surface area (Å²) >= 11 is 0. The van der Waals surface area contributed by atoms with E-state index in [0.717, 1.165) is 36.1 Å². The Kier molecular flexibility index (Phi) is 2.95. The highest BCUT2D eigenvalue weighted by atomic mass is 15.3. The van der Waals surface area contributed by atoms with Crippen molar-refractivity contribution >= 4 is 0 Å². The second kappa shape index (κ2) is 4.59. The zero-order chi connectivity index (χ0) is 13.9. The average molecular weight is 273 g/mol. The molecule has 0 radical (unpaired) electrons. The molecule has 4 saturated carbocycles. The molecule has 0 spiro atoms. The maximum atomic E-state index is 5.72. The van der Waals surface area contributed by atoms with Crippen LogP contribution >= 0.6 is 0 Å². The average Bonchev–Trinajstić information content (AvgIpc) is 2.66. The zero-order valence-electron chi connectivity index (χ0n) is 12.8. The maximum absolute atomic E-state index is 5.72. The molecule has 0 unspecified atom stereocenters. The molecule has 110 valence electrons. The molecule has 0 saturated heterocycles. The number of rotatable bonds is 3. The Labute approximate surface area is 121 Å². The van der Waals surface area contributed by atoms with Crippen LogP contribution in [0.4, 0.5) is 0 Å². The van der Waals surface area contributed by atoms with Crippen molar-refractivity contribution < 1.29 is 0 Å². The molecule has 4 aliphatic rings. The third-order valence-electron chi connectivity index (χ3n) is 6.34. The molecule has 0 amide bonds. The minimum Gasteiger partial charge on any atom is -0.329 e. The summed E-state index contributed by atoms with van der Waals surface area (Å²) in [7, 11) is 0. The van der Waals surface area contributed by atoms with Gasteiger partial charge in [-0.25, -0.2) is 0 Å². The van der Waals surface area contributed by atoms with Crippen LogP contribution in [0.1, 0.15) is 55.0 Å². The number of nitrogens with two attached hydrogens (primary N) is 1. The lowest BCUT2D eigenvalue weighted by Crippen LogP contribution is -2.44. The number of hydrogen-bond donors (Lipinski definition) is 1. The van der Waals surface area contributed by atoms with E-state index in [0.29, 0.717) is 6.54 Å². The van der Waals surface area contributed by atoms with Crippen LogP contribution in [-0.2, 0) is 6.54 Å². The fraction of sp³-hybridized carbons (Fsp3) is 0.824. The Hall–Kier alpha value is -0.830. The van der Waals surface area contributed by atoms with Crippen LogP contribution in [0.3, 0.4) is 0 Å². The van der Waals surface area contributed by atoms with Crippen LogP contribution in [0, 0.1) is 37.5 Å². The molecule has 4 fully saturated rings. The van der Waals surface area contributed by atoms with E-state index < -0.39 is 0 Å². The quantitative estimate of drug-likeness (QED) is 0.920. The first-order valence-corrected chi connectivity index (χ1v) is 8.41. The first-order chi connectivity index (χ1) is 9.67. The molecule has 0 aromatic carbocycles. The van der Waals surface area contributed by atoms with Crippen LogP contribution in [-0.4, -0.2) is 16.3 Å². The van der Waals surface area contributed by atoms with E-state index >= 15 is 0 Å². The molecule has 20 heavy (non-hydrogen) atoms. The number of aromatic nitrogens is 2. The third-order valence-corrected chi connectivity index (χ3v) is 6.34. The lowest BCUT2D eigenvalue weighted by atomic mass is 9.50. The van der Waals surface area contributed by atoms with Gasteiger partial charge in [-0.1, -0.05) is 0 Å². The van der Waals surface area contributed by atoms with E-state index in [-0.39, 0.29) is 0 Å². The van der Waals surface area contributed by atoms with Gasteiger partial charge in [0.05, 0.1) is 12.2 Å². The van der Waals surface area contributed by atoms with Crippen LogP contribution < -0.4 is 5.73 Å². The van der Waals surface area contributed by atoms with Crippen LogP contribution in [0.25, 0.3) is 0 Å². The molecule has 3 heteroatoms. The summed E-state index contributed by atoms with van der Waals surface area (Å²) in [5.74, 6) is 4.79. The van der Waals surface area contributed by atoms with Gasteiger partial charge in [-0.05, 0) is 81.1 Å². The smallest absolute Gasteiger partial charge is 0.0631 e. The Bertz CT molecular complexity index is 489. The molecule has 4 aliphatic carbocycles. The molecular weight excluding hydrogens is 246 g/mol. The van der Waals surface area contributed by atoms with Crippen molar-refractivity contribution in [1.29, 1.82) is 0 Å². The van der Waals surface area contributed by atoms with Crippen LogP contribution in [0.5, 0.6) is 0 Å². The van der Waals surface area contributed by atoms with Gasteiger partial charge in [0.25, 0.3) is 0 Å². The van der Waals surface area contributed by atoms with Gasteiger partial charge in [-0.15, -0.1) is 0 Å². The second-order valence-corrected chi connectivity index (χ2v) is 7.55. The maximum Gasteiger partial charge on any atom is 0.0631 e. The Morgan fingerprint density at radius 1 is 1.05 bits per heavy atom. The zero-order valence-corrected chi connectivity index (χ0v) is 12.8. The number of nitrogens with zero attached hydrogens (tertiary/aromatic N) is 2. The van der Waals surface area contributed by atoms with Crippen molar-refractivity contribution in [2.45, 2.75) is 58.4 Å².